The van der Waals surface area contributed by atoms with E-state index in [0.717, 1.165) is 16.6 Å². The van der Waals surface area contributed by atoms with Crippen molar-refractivity contribution in [3.63, 3.8) is 0 Å². The van der Waals surface area contributed by atoms with Crippen molar-refractivity contribution in [3.05, 3.63) is 78.6 Å². The molecule has 32 heavy (non-hydrogen) atoms. The summed E-state index contributed by atoms with van der Waals surface area (Å²) in [6.07, 6.45) is -2.90. The molecule has 0 aliphatic carbocycles. The molecule has 0 aliphatic rings. The summed E-state index contributed by atoms with van der Waals surface area (Å²) in [5.41, 5.74) is 2.19. The molecule has 1 unspecified atom stereocenters. The average molecular weight is 441 g/mol. The molecule has 0 fully saturated rings. The van der Waals surface area contributed by atoms with Gasteiger partial charge in [0.2, 0.25) is 5.95 Å². The van der Waals surface area contributed by atoms with Gasteiger partial charge in [0.1, 0.15) is 11.9 Å². The van der Waals surface area contributed by atoms with Crippen LogP contribution >= 0.6 is 0 Å². The van der Waals surface area contributed by atoms with Crippen molar-refractivity contribution in [2.75, 3.05) is 17.2 Å². The Balaban J connectivity index is 1.46. The van der Waals surface area contributed by atoms with Crippen LogP contribution in [0.1, 0.15) is 11.7 Å². The number of ether oxygens (including phenoxy) is 1. The van der Waals surface area contributed by atoms with Crippen molar-refractivity contribution in [1.29, 1.82) is 0 Å². The molecule has 0 spiro atoms. The molecule has 0 bridgehead atoms. The number of nitrogens with zero attached hydrogens (tertiary/aromatic N) is 2. The van der Waals surface area contributed by atoms with Gasteiger partial charge in [-0.15, -0.1) is 0 Å². The van der Waals surface area contributed by atoms with Crippen LogP contribution in [0.2, 0.25) is 0 Å². The molecule has 2 heterocycles. The molecule has 2 aromatic heterocycles. The maximum absolute atomic E-state index is 12.7. The van der Waals surface area contributed by atoms with E-state index in [1.54, 1.807) is 36.4 Å². The highest BCUT2D eigenvalue weighted by molar-refractivity contribution is 5.83. The number of esters is 1. The standard InChI is InChI=1S/C22H18F3N5O2/c23-22(24,25)20(31)32-18(14-4-2-1-3-5-14)13-28-19-9-11-27-21(30-19)29-16-6-7-17-15(12-16)8-10-26-17/h1-12,18,26H,13H2,(H2,27,28,29,30). The minimum atomic E-state index is -5.08. The second-order valence-corrected chi connectivity index (χ2v) is 6.85. The summed E-state index contributed by atoms with van der Waals surface area (Å²) >= 11 is 0. The number of aromatic nitrogens is 3. The van der Waals surface area contributed by atoms with Gasteiger partial charge in [-0.3, -0.25) is 0 Å². The number of H-pyrrole nitrogens is 1. The zero-order chi connectivity index (χ0) is 22.6. The Morgan fingerprint density at radius 1 is 1.09 bits per heavy atom. The third-order valence-electron chi connectivity index (χ3n) is 4.59. The molecule has 10 heteroatoms. The number of nitrogens with one attached hydrogen (secondary N) is 3. The van der Waals surface area contributed by atoms with Gasteiger partial charge in [-0.25, -0.2) is 9.78 Å². The number of fused-ring (bicyclic) bond motifs is 1. The SMILES string of the molecule is O=C(OC(CNc1ccnc(Nc2ccc3[nH]ccc3c2)n1)c1ccccc1)C(F)(F)F. The second-order valence-electron chi connectivity index (χ2n) is 6.85. The summed E-state index contributed by atoms with van der Waals surface area (Å²) < 4.78 is 42.8. The Morgan fingerprint density at radius 3 is 2.69 bits per heavy atom. The highest BCUT2D eigenvalue weighted by atomic mass is 19.4. The van der Waals surface area contributed by atoms with Gasteiger partial charge in [-0.2, -0.15) is 18.2 Å². The van der Waals surface area contributed by atoms with Gasteiger partial charge in [0, 0.05) is 29.0 Å². The fourth-order valence-corrected chi connectivity index (χ4v) is 3.07. The van der Waals surface area contributed by atoms with Gasteiger partial charge < -0.3 is 20.4 Å². The van der Waals surface area contributed by atoms with Crippen LogP contribution < -0.4 is 10.6 Å². The molecular formula is C22H18F3N5O2. The van der Waals surface area contributed by atoms with Crippen molar-refractivity contribution in [1.82, 2.24) is 15.0 Å². The minimum Gasteiger partial charge on any atom is -0.449 e. The maximum atomic E-state index is 12.7. The molecule has 164 valence electrons. The molecule has 2 aromatic carbocycles. The Labute approximate surface area is 180 Å². The number of halogens is 3. The van der Waals surface area contributed by atoms with E-state index in [0.29, 0.717) is 17.3 Å². The van der Waals surface area contributed by atoms with Gasteiger partial charge in [-0.05, 0) is 35.9 Å². The lowest BCUT2D eigenvalue weighted by molar-refractivity contribution is -0.204. The fraction of sp³-hybridized carbons (Fsp3) is 0.136. The van der Waals surface area contributed by atoms with E-state index in [-0.39, 0.29) is 6.54 Å². The predicted octanol–water partition coefficient (Wildman–Crippen LogP) is 4.96. The van der Waals surface area contributed by atoms with Gasteiger partial charge in [0.05, 0.1) is 6.54 Å². The first-order valence-electron chi connectivity index (χ1n) is 9.62. The molecule has 4 aromatic rings. The third-order valence-corrected chi connectivity index (χ3v) is 4.59. The molecule has 1 atom stereocenters. The zero-order valence-corrected chi connectivity index (χ0v) is 16.6. The van der Waals surface area contributed by atoms with Crippen LogP contribution in [0.15, 0.2) is 73.1 Å². The summed E-state index contributed by atoms with van der Waals surface area (Å²) in [7, 11) is 0. The average Bonchev–Trinajstić information content (AvgIpc) is 3.24. The zero-order valence-electron chi connectivity index (χ0n) is 16.6. The van der Waals surface area contributed by atoms with Crippen LogP contribution in [0.5, 0.6) is 0 Å². The number of benzene rings is 2. The van der Waals surface area contributed by atoms with Crippen molar-refractivity contribution in [2.24, 2.45) is 0 Å². The number of hydrogen-bond donors (Lipinski definition) is 3. The largest absolute Gasteiger partial charge is 0.490 e. The topological polar surface area (TPSA) is 91.9 Å². The first kappa shape index (κ1) is 21.2. The van der Waals surface area contributed by atoms with E-state index in [9.17, 15) is 18.0 Å². The lowest BCUT2D eigenvalue weighted by atomic mass is 10.1. The van der Waals surface area contributed by atoms with Gasteiger partial charge in [0.15, 0.2) is 0 Å². The lowest BCUT2D eigenvalue weighted by Gasteiger charge is -2.20. The number of hydrogen-bond acceptors (Lipinski definition) is 6. The minimum absolute atomic E-state index is 0.113. The molecule has 7 nitrogen and oxygen atoms in total. The summed E-state index contributed by atoms with van der Waals surface area (Å²) in [4.78, 5) is 23.0. The van der Waals surface area contributed by atoms with E-state index in [2.05, 4.69) is 25.6 Å². The van der Waals surface area contributed by atoms with Crippen molar-refractivity contribution in [3.8, 4) is 0 Å². The Morgan fingerprint density at radius 2 is 1.91 bits per heavy atom. The van der Waals surface area contributed by atoms with Crippen LogP contribution in [0, 0.1) is 0 Å². The number of alkyl halides is 3. The van der Waals surface area contributed by atoms with E-state index in [1.165, 1.54) is 6.20 Å². The molecule has 4 rings (SSSR count). The normalized spacial score (nSPS) is 12.3. The summed E-state index contributed by atoms with van der Waals surface area (Å²) in [6, 6.07) is 17.4. The Bertz CT molecular complexity index is 1210. The van der Waals surface area contributed by atoms with Crippen molar-refractivity contribution < 1.29 is 22.7 Å². The van der Waals surface area contributed by atoms with Crippen LogP contribution in [-0.2, 0) is 9.53 Å². The Kier molecular flexibility index (Phi) is 5.93. The lowest BCUT2D eigenvalue weighted by Crippen LogP contribution is -2.29. The van der Waals surface area contributed by atoms with Gasteiger partial charge in [0.25, 0.3) is 0 Å². The summed E-state index contributed by atoms with van der Waals surface area (Å²) in [6.45, 7) is -0.113. The number of carbonyl (C=O) groups excluding carboxylic acids is 1. The molecule has 3 N–H and O–H groups in total. The maximum Gasteiger partial charge on any atom is 0.490 e. The molecular weight excluding hydrogens is 423 g/mol. The number of anilines is 3. The molecule has 0 radical (unpaired) electrons. The van der Waals surface area contributed by atoms with Crippen molar-refractivity contribution in [2.45, 2.75) is 12.3 Å². The first-order chi connectivity index (χ1) is 15.4. The van der Waals surface area contributed by atoms with Crippen LogP contribution in [-0.4, -0.2) is 33.6 Å². The molecule has 0 amide bonds. The summed E-state index contributed by atoms with van der Waals surface area (Å²) in [5, 5.41) is 7.01. The first-order valence-corrected chi connectivity index (χ1v) is 9.62. The Hall–Kier alpha value is -4.08. The van der Waals surface area contributed by atoms with E-state index >= 15 is 0 Å². The number of carbonyl (C=O) groups is 1. The smallest absolute Gasteiger partial charge is 0.449 e. The van der Waals surface area contributed by atoms with Gasteiger partial charge >= 0.3 is 12.1 Å². The molecule has 0 saturated carbocycles. The fourth-order valence-electron chi connectivity index (χ4n) is 3.07. The number of aromatic amines is 1. The second kappa shape index (κ2) is 8.96. The quantitative estimate of drug-likeness (QED) is 0.351. The van der Waals surface area contributed by atoms with E-state index in [4.69, 9.17) is 4.74 Å². The van der Waals surface area contributed by atoms with Gasteiger partial charge in [-0.1, -0.05) is 30.3 Å². The van der Waals surface area contributed by atoms with Crippen molar-refractivity contribution >= 4 is 34.3 Å². The molecule has 0 aliphatic heterocycles. The van der Waals surface area contributed by atoms with Crippen LogP contribution in [0.3, 0.4) is 0 Å². The highest BCUT2D eigenvalue weighted by Crippen LogP contribution is 2.25. The predicted molar refractivity (Wildman–Crippen MR) is 113 cm³/mol. The van der Waals surface area contributed by atoms with Crippen LogP contribution in [0.4, 0.5) is 30.6 Å². The van der Waals surface area contributed by atoms with E-state index in [1.807, 2.05) is 30.5 Å². The monoisotopic (exact) mass is 441 g/mol. The van der Waals surface area contributed by atoms with Crippen LogP contribution in [0.25, 0.3) is 10.9 Å². The third kappa shape index (κ3) is 5.15. The summed E-state index contributed by atoms with van der Waals surface area (Å²) in [5.74, 6) is -1.60. The van der Waals surface area contributed by atoms with E-state index < -0.39 is 18.2 Å². The highest BCUT2D eigenvalue weighted by Gasteiger charge is 2.42. The number of rotatable bonds is 7. The molecule has 0 saturated heterocycles.